The van der Waals surface area contributed by atoms with E-state index in [4.69, 9.17) is 0 Å². The summed E-state index contributed by atoms with van der Waals surface area (Å²) in [7, 11) is 1.83. The predicted molar refractivity (Wildman–Crippen MR) is 42.3 cm³/mol. The first-order valence-corrected chi connectivity index (χ1v) is 3.17. The van der Waals surface area contributed by atoms with Gasteiger partial charge in [0, 0.05) is 19.6 Å². The Kier molecular flexibility index (Phi) is 3.68. The molecule has 0 saturated carbocycles. The van der Waals surface area contributed by atoms with Crippen molar-refractivity contribution in [3.05, 3.63) is 0 Å². The molecule has 1 rings (SSSR count). The Labute approximate surface area is 67.2 Å². The Morgan fingerprint density at radius 3 is 2.70 bits per heavy atom. The van der Waals surface area contributed by atoms with Crippen LogP contribution in [0.2, 0.25) is 0 Å². The smallest absolute Gasteiger partial charge is 0.236 e. The Morgan fingerprint density at radius 1 is 1.70 bits per heavy atom. The van der Waals surface area contributed by atoms with Crippen LogP contribution in [0.5, 0.6) is 0 Å². The monoisotopic (exact) mass is 164 g/mol. The van der Waals surface area contributed by atoms with Crippen molar-refractivity contribution in [1.82, 2.24) is 10.2 Å². The van der Waals surface area contributed by atoms with Gasteiger partial charge in [-0.05, 0) is 6.92 Å². The number of amides is 1. The molecule has 0 radical (unpaired) electrons. The number of halogens is 1. The molecular formula is C6H13ClN2O. The topological polar surface area (TPSA) is 32.3 Å². The number of hydrogen-bond acceptors (Lipinski definition) is 2. The minimum Gasteiger partial charge on any atom is -0.343 e. The average Bonchev–Trinajstić information content (AvgIpc) is 1.80. The Morgan fingerprint density at radius 2 is 2.30 bits per heavy atom. The quantitative estimate of drug-likeness (QED) is 0.541. The van der Waals surface area contributed by atoms with Gasteiger partial charge < -0.3 is 10.2 Å². The van der Waals surface area contributed by atoms with Gasteiger partial charge in [-0.25, -0.2) is 0 Å². The van der Waals surface area contributed by atoms with Crippen LogP contribution in [-0.2, 0) is 4.79 Å². The van der Waals surface area contributed by atoms with E-state index in [1.807, 2.05) is 7.05 Å². The van der Waals surface area contributed by atoms with E-state index in [9.17, 15) is 4.79 Å². The highest BCUT2D eigenvalue weighted by Gasteiger charge is 2.17. The van der Waals surface area contributed by atoms with E-state index in [0.29, 0.717) is 12.6 Å². The number of piperazine rings is 1. The van der Waals surface area contributed by atoms with Gasteiger partial charge in [0.05, 0.1) is 6.54 Å². The summed E-state index contributed by atoms with van der Waals surface area (Å²) in [5, 5.41) is 3.07. The molecule has 1 atom stereocenters. The standard InChI is InChI=1S/C6H12N2O.ClH/c1-5-4-8(2)6(9)3-7-5;/h5,7H,3-4H2,1-2H3;1H. The van der Waals surface area contributed by atoms with Crippen molar-refractivity contribution in [3.63, 3.8) is 0 Å². The summed E-state index contributed by atoms with van der Waals surface area (Å²) in [6.45, 7) is 3.40. The number of nitrogens with one attached hydrogen (secondary N) is 1. The molecule has 1 fully saturated rings. The fourth-order valence-electron chi connectivity index (χ4n) is 0.974. The SMILES string of the molecule is CC1CN(C)C(=O)CN1.Cl. The number of nitrogens with zero attached hydrogens (tertiary/aromatic N) is 1. The van der Waals surface area contributed by atoms with Crippen molar-refractivity contribution in [2.45, 2.75) is 13.0 Å². The molecule has 1 N–H and O–H groups in total. The van der Waals surface area contributed by atoms with Crippen LogP contribution in [0.25, 0.3) is 0 Å². The van der Waals surface area contributed by atoms with Crippen molar-refractivity contribution in [1.29, 1.82) is 0 Å². The molecule has 60 valence electrons. The summed E-state index contributed by atoms with van der Waals surface area (Å²) < 4.78 is 0. The first kappa shape index (κ1) is 9.72. The zero-order valence-corrected chi connectivity index (χ0v) is 7.07. The van der Waals surface area contributed by atoms with Crippen molar-refractivity contribution in [2.24, 2.45) is 0 Å². The molecule has 0 bridgehead atoms. The maximum atomic E-state index is 10.8. The number of likely N-dealkylation sites (N-methyl/N-ethyl adjacent to an activating group) is 1. The van der Waals surface area contributed by atoms with Crippen LogP contribution in [0.4, 0.5) is 0 Å². The zero-order chi connectivity index (χ0) is 6.85. The summed E-state index contributed by atoms with van der Waals surface area (Å²) in [5.74, 6) is 0.188. The van der Waals surface area contributed by atoms with E-state index in [1.165, 1.54) is 0 Å². The highest BCUT2D eigenvalue weighted by Crippen LogP contribution is 1.94. The van der Waals surface area contributed by atoms with Crippen molar-refractivity contribution < 1.29 is 4.79 Å². The molecule has 0 aliphatic carbocycles. The van der Waals surface area contributed by atoms with Gasteiger partial charge in [-0.2, -0.15) is 0 Å². The Balaban J connectivity index is 0.000000810. The second-order valence-corrected chi connectivity index (χ2v) is 2.56. The summed E-state index contributed by atoms with van der Waals surface area (Å²) in [6.07, 6.45) is 0. The maximum absolute atomic E-state index is 10.8. The van der Waals surface area contributed by atoms with Crippen LogP contribution in [0.3, 0.4) is 0 Å². The van der Waals surface area contributed by atoms with Crippen LogP contribution in [0, 0.1) is 0 Å². The van der Waals surface area contributed by atoms with Crippen molar-refractivity contribution >= 4 is 18.3 Å². The summed E-state index contributed by atoms with van der Waals surface area (Å²) in [4.78, 5) is 12.6. The van der Waals surface area contributed by atoms with E-state index in [1.54, 1.807) is 4.90 Å². The highest BCUT2D eigenvalue weighted by atomic mass is 35.5. The van der Waals surface area contributed by atoms with Crippen LogP contribution < -0.4 is 5.32 Å². The number of carbonyl (C=O) groups is 1. The third kappa shape index (κ3) is 2.15. The molecule has 0 aromatic heterocycles. The van der Waals surface area contributed by atoms with Crippen LogP contribution in [0.15, 0.2) is 0 Å². The molecule has 4 heteroatoms. The fraction of sp³-hybridized carbons (Fsp3) is 0.833. The number of hydrogen-bond donors (Lipinski definition) is 1. The second kappa shape index (κ2) is 3.78. The normalized spacial score (nSPS) is 26.0. The summed E-state index contributed by atoms with van der Waals surface area (Å²) >= 11 is 0. The molecule has 3 nitrogen and oxygen atoms in total. The van der Waals surface area contributed by atoms with E-state index in [-0.39, 0.29) is 18.3 Å². The van der Waals surface area contributed by atoms with Crippen LogP contribution in [-0.4, -0.2) is 37.0 Å². The average molecular weight is 165 g/mol. The van der Waals surface area contributed by atoms with E-state index < -0.39 is 0 Å². The van der Waals surface area contributed by atoms with Gasteiger partial charge in [0.15, 0.2) is 0 Å². The molecule has 1 saturated heterocycles. The fourth-order valence-corrected chi connectivity index (χ4v) is 0.974. The summed E-state index contributed by atoms with van der Waals surface area (Å²) in [6, 6.07) is 0.452. The lowest BCUT2D eigenvalue weighted by Gasteiger charge is -2.28. The van der Waals surface area contributed by atoms with Crippen molar-refractivity contribution in [3.8, 4) is 0 Å². The molecular weight excluding hydrogens is 152 g/mol. The minimum absolute atomic E-state index is 0. The lowest BCUT2D eigenvalue weighted by molar-refractivity contribution is -0.131. The molecule has 10 heavy (non-hydrogen) atoms. The van der Waals surface area contributed by atoms with Gasteiger partial charge >= 0.3 is 0 Å². The molecule has 1 aliphatic heterocycles. The molecule has 0 aromatic rings. The Bertz CT molecular complexity index is 129. The lowest BCUT2D eigenvalue weighted by atomic mass is 10.2. The first-order valence-electron chi connectivity index (χ1n) is 3.17. The van der Waals surface area contributed by atoms with Crippen LogP contribution >= 0.6 is 12.4 Å². The van der Waals surface area contributed by atoms with Gasteiger partial charge in [-0.1, -0.05) is 0 Å². The van der Waals surface area contributed by atoms with E-state index in [0.717, 1.165) is 6.54 Å². The maximum Gasteiger partial charge on any atom is 0.236 e. The molecule has 0 aromatic carbocycles. The zero-order valence-electron chi connectivity index (χ0n) is 6.26. The van der Waals surface area contributed by atoms with Gasteiger partial charge in [-0.3, -0.25) is 4.79 Å². The van der Waals surface area contributed by atoms with Gasteiger partial charge in [-0.15, -0.1) is 12.4 Å². The highest BCUT2D eigenvalue weighted by molar-refractivity contribution is 5.85. The lowest BCUT2D eigenvalue weighted by Crippen LogP contribution is -2.51. The first-order chi connectivity index (χ1) is 4.20. The van der Waals surface area contributed by atoms with Gasteiger partial charge in [0.25, 0.3) is 0 Å². The third-order valence-corrected chi connectivity index (χ3v) is 1.58. The molecule has 0 spiro atoms. The van der Waals surface area contributed by atoms with Crippen molar-refractivity contribution in [2.75, 3.05) is 20.1 Å². The molecule has 1 heterocycles. The third-order valence-electron chi connectivity index (χ3n) is 1.58. The number of carbonyl (C=O) groups excluding carboxylic acids is 1. The Hall–Kier alpha value is -0.280. The number of rotatable bonds is 0. The van der Waals surface area contributed by atoms with Gasteiger partial charge in [0.1, 0.15) is 0 Å². The second-order valence-electron chi connectivity index (χ2n) is 2.56. The van der Waals surface area contributed by atoms with Crippen LogP contribution in [0.1, 0.15) is 6.92 Å². The predicted octanol–water partition coefficient (Wildman–Crippen LogP) is -0.142. The van der Waals surface area contributed by atoms with Gasteiger partial charge in [0.2, 0.25) is 5.91 Å². The largest absolute Gasteiger partial charge is 0.343 e. The molecule has 1 amide bonds. The van der Waals surface area contributed by atoms with E-state index >= 15 is 0 Å². The van der Waals surface area contributed by atoms with E-state index in [2.05, 4.69) is 12.2 Å². The minimum atomic E-state index is 0. The summed E-state index contributed by atoms with van der Waals surface area (Å²) in [5.41, 5.74) is 0. The molecule has 1 unspecified atom stereocenters. The molecule has 1 aliphatic rings.